The highest BCUT2D eigenvalue weighted by Crippen LogP contribution is 2.32. The molecule has 0 unspecified atom stereocenters. The Balaban J connectivity index is 1.36. The molecular weight excluding hydrogens is 414 g/mol. The van der Waals surface area contributed by atoms with Crippen LogP contribution in [0, 0.1) is 10.1 Å². The molecule has 2 aromatic carbocycles. The first kappa shape index (κ1) is 19.4. The lowest BCUT2D eigenvalue weighted by Crippen LogP contribution is -2.21. The van der Waals surface area contributed by atoms with E-state index in [1.54, 1.807) is 22.8 Å². The first-order chi connectivity index (χ1) is 15.1. The van der Waals surface area contributed by atoms with Crippen molar-refractivity contribution >= 4 is 29.0 Å². The van der Waals surface area contributed by atoms with Gasteiger partial charge in [0.1, 0.15) is 0 Å². The van der Waals surface area contributed by atoms with Gasteiger partial charge in [-0.15, -0.1) is 5.10 Å². The van der Waals surface area contributed by atoms with Gasteiger partial charge in [-0.3, -0.25) is 14.9 Å². The third kappa shape index (κ3) is 3.91. The third-order valence-electron chi connectivity index (χ3n) is 5.35. The molecule has 154 valence electrons. The number of thioether (sulfide) groups is 1. The molecule has 9 heteroatoms. The number of hydrogen-bond acceptors (Lipinski definition) is 7. The zero-order valence-electron chi connectivity index (χ0n) is 16.3. The number of aromatic nitrogens is 4. The van der Waals surface area contributed by atoms with Crippen molar-refractivity contribution in [3.8, 4) is 0 Å². The lowest BCUT2D eigenvalue weighted by Gasteiger charge is -2.22. The Morgan fingerprint density at radius 2 is 1.84 bits per heavy atom. The fraction of sp³-hybridized carbons (Fsp3) is 0.182. The number of ketones is 1. The van der Waals surface area contributed by atoms with Crippen LogP contribution in [0.15, 0.2) is 66.0 Å². The van der Waals surface area contributed by atoms with Crippen LogP contribution in [0.2, 0.25) is 0 Å². The summed E-state index contributed by atoms with van der Waals surface area (Å²) < 4.78 is 1.55. The molecule has 0 saturated carbocycles. The van der Waals surface area contributed by atoms with Gasteiger partial charge >= 0.3 is 0 Å². The Hall–Kier alpha value is -3.59. The van der Waals surface area contributed by atoms with Gasteiger partial charge < -0.3 is 0 Å². The summed E-state index contributed by atoms with van der Waals surface area (Å²) >= 11 is 1.42. The van der Waals surface area contributed by atoms with Gasteiger partial charge in [-0.25, -0.2) is 9.50 Å². The highest BCUT2D eigenvalue weighted by Gasteiger charge is 2.28. The van der Waals surface area contributed by atoms with Crippen LogP contribution in [0.25, 0.3) is 5.78 Å². The molecule has 31 heavy (non-hydrogen) atoms. The lowest BCUT2D eigenvalue weighted by molar-refractivity contribution is -0.384. The molecule has 0 bridgehead atoms. The molecular formula is C22H17N5O3S. The van der Waals surface area contributed by atoms with Crippen molar-refractivity contribution in [2.75, 3.05) is 0 Å². The molecule has 0 aliphatic heterocycles. The maximum absolute atomic E-state index is 12.8. The molecule has 4 aromatic rings. The summed E-state index contributed by atoms with van der Waals surface area (Å²) in [4.78, 5) is 32.2. The molecule has 0 spiro atoms. The molecule has 8 nitrogen and oxygen atoms in total. The summed E-state index contributed by atoms with van der Waals surface area (Å²) in [5.74, 6) is 1.23. The minimum absolute atomic E-state index is 0.0628. The molecule has 2 heterocycles. The standard InChI is InChI=1S/C22H17N5O3S/c28-20-11-16(15-4-2-1-3-5-15)10-19-18(20)12-26-21(23-19)24-22(25-26)31-13-14-6-8-17(9-7-14)27(29)30/h1-9,12,16H,10-11,13H2/t16-/m0/s1. The topological polar surface area (TPSA) is 103 Å². The SMILES string of the molecule is O=C1C[C@@H](c2ccccc2)Cc2nc3nc(SCc4ccc([N+](=O)[O-])cc4)nn3cc21. The summed E-state index contributed by atoms with van der Waals surface area (Å²) in [7, 11) is 0. The third-order valence-corrected chi connectivity index (χ3v) is 6.26. The molecule has 1 aliphatic rings. The number of rotatable bonds is 5. The largest absolute Gasteiger partial charge is 0.294 e. The monoisotopic (exact) mass is 431 g/mol. The minimum atomic E-state index is -0.419. The van der Waals surface area contributed by atoms with Crippen LogP contribution < -0.4 is 0 Å². The maximum Gasteiger partial charge on any atom is 0.269 e. The highest BCUT2D eigenvalue weighted by molar-refractivity contribution is 7.98. The van der Waals surface area contributed by atoms with Gasteiger partial charge in [-0.05, 0) is 23.5 Å². The fourth-order valence-corrected chi connectivity index (χ4v) is 4.53. The van der Waals surface area contributed by atoms with E-state index in [-0.39, 0.29) is 17.4 Å². The lowest BCUT2D eigenvalue weighted by atomic mass is 9.82. The van der Waals surface area contributed by atoms with Crippen LogP contribution in [0.4, 0.5) is 5.69 Å². The van der Waals surface area contributed by atoms with Crippen molar-refractivity contribution in [3.05, 3.63) is 93.3 Å². The first-order valence-electron chi connectivity index (χ1n) is 9.77. The number of nitro benzene ring substituents is 1. The molecule has 5 rings (SSSR count). The van der Waals surface area contributed by atoms with Gasteiger partial charge in [0.05, 0.1) is 16.2 Å². The zero-order chi connectivity index (χ0) is 21.4. The van der Waals surface area contributed by atoms with Gasteiger partial charge in [0.25, 0.3) is 11.5 Å². The maximum atomic E-state index is 12.8. The zero-order valence-corrected chi connectivity index (χ0v) is 17.2. The predicted octanol–water partition coefficient (Wildman–Crippen LogP) is 4.24. The molecule has 0 radical (unpaired) electrons. The van der Waals surface area contributed by atoms with E-state index in [9.17, 15) is 14.9 Å². The van der Waals surface area contributed by atoms with Gasteiger partial charge in [-0.1, -0.05) is 54.2 Å². The molecule has 0 N–H and O–H groups in total. The van der Waals surface area contributed by atoms with Crippen LogP contribution >= 0.6 is 11.8 Å². The van der Waals surface area contributed by atoms with Crippen LogP contribution in [-0.4, -0.2) is 30.3 Å². The van der Waals surface area contributed by atoms with Gasteiger partial charge in [0.2, 0.25) is 5.16 Å². The van der Waals surface area contributed by atoms with E-state index in [1.165, 1.54) is 23.9 Å². The van der Waals surface area contributed by atoms with Crippen LogP contribution in [0.5, 0.6) is 0 Å². The number of benzene rings is 2. The number of nitrogens with zero attached hydrogens (tertiary/aromatic N) is 5. The predicted molar refractivity (Wildman–Crippen MR) is 115 cm³/mol. The van der Waals surface area contributed by atoms with Crippen LogP contribution in [0.1, 0.15) is 39.5 Å². The second-order valence-corrected chi connectivity index (χ2v) is 8.33. The smallest absolute Gasteiger partial charge is 0.269 e. The number of Topliss-reactive ketones (excluding diaryl/α,β-unsaturated/α-hetero) is 1. The molecule has 0 fully saturated rings. The summed E-state index contributed by atoms with van der Waals surface area (Å²) in [6, 6.07) is 16.4. The average Bonchev–Trinajstić information content (AvgIpc) is 3.19. The van der Waals surface area contributed by atoms with E-state index >= 15 is 0 Å². The summed E-state index contributed by atoms with van der Waals surface area (Å²) in [5, 5.41) is 15.8. The van der Waals surface area contributed by atoms with Crippen molar-refractivity contribution in [2.45, 2.75) is 29.7 Å². The first-order valence-corrected chi connectivity index (χ1v) is 10.8. The van der Waals surface area contributed by atoms with E-state index in [1.807, 2.05) is 30.3 Å². The second kappa shape index (κ2) is 7.92. The number of carbonyl (C=O) groups excluding carboxylic acids is 1. The summed E-state index contributed by atoms with van der Waals surface area (Å²) in [5.41, 5.74) is 3.51. The van der Waals surface area contributed by atoms with Crippen molar-refractivity contribution in [3.63, 3.8) is 0 Å². The van der Waals surface area contributed by atoms with Gasteiger partial charge in [-0.2, -0.15) is 4.98 Å². The summed E-state index contributed by atoms with van der Waals surface area (Å²) in [6.07, 6.45) is 2.88. The number of fused-ring (bicyclic) bond motifs is 2. The molecule has 0 amide bonds. The van der Waals surface area contributed by atoms with E-state index in [2.05, 4.69) is 15.1 Å². The quantitative estimate of drug-likeness (QED) is 0.264. The van der Waals surface area contributed by atoms with E-state index < -0.39 is 4.92 Å². The van der Waals surface area contributed by atoms with E-state index in [0.29, 0.717) is 35.1 Å². The molecule has 2 aromatic heterocycles. The Morgan fingerprint density at radius 3 is 2.58 bits per heavy atom. The minimum Gasteiger partial charge on any atom is -0.294 e. The van der Waals surface area contributed by atoms with Crippen molar-refractivity contribution in [2.24, 2.45) is 0 Å². The van der Waals surface area contributed by atoms with Crippen LogP contribution in [-0.2, 0) is 12.2 Å². The average molecular weight is 431 g/mol. The fourth-order valence-electron chi connectivity index (χ4n) is 3.75. The van der Waals surface area contributed by atoms with Crippen LogP contribution in [0.3, 0.4) is 0 Å². The number of nitro groups is 1. The van der Waals surface area contributed by atoms with Crippen molar-refractivity contribution in [1.82, 2.24) is 19.6 Å². The highest BCUT2D eigenvalue weighted by atomic mass is 32.2. The molecule has 1 aliphatic carbocycles. The van der Waals surface area contributed by atoms with Crippen molar-refractivity contribution in [1.29, 1.82) is 0 Å². The Bertz CT molecular complexity index is 1290. The van der Waals surface area contributed by atoms with Gasteiger partial charge in [0, 0.05) is 30.5 Å². The van der Waals surface area contributed by atoms with E-state index in [4.69, 9.17) is 0 Å². The van der Waals surface area contributed by atoms with E-state index in [0.717, 1.165) is 16.8 Å². The Morgan fingerprint density at radius 1 is 1.06 bits per heavy atom. The van der Waals surface area contributed by atoms with Crippen molar-refractivity contribution < 1.29 is 9.72 Å². The normalized spacial score (nSPS) is 15.7. The Labute approximate surface area is 181 Å². The number of carbonyl (C=O) groups is 1. The second-order valence-electron chi connectivity index (χ2n) is 7.39. The van der Waals surface area contributed by atoms with Gasteiger partial charge in [0.15, 0.2) is 5.78 Å². The Kier molecular flexibility index (Phi) is 4.95. The summed E-state index contributed by atoms with van der Waals surface area (Å²) in [6.45, 7) is 0. The number of hydrogen-bond donors (Lipinski definition) is 0. The number of non-ortho nitro benzene ring substituents is 1. The molecule has 1 atom stereocenters. The molecule has 0 saturated heterocycles.